The molecule has 7 nitrogen and oxygen atoms in total. The molecule has 4 aromatic rings. The molecule has 2 unspecified atom stereocenters. The molecule has 0 radical (unpaired) electrons. The fourth-order valence-electron chi connectivity index (χ4n) is 5.43. The monoisotopic (exact) mass is 589 g/mol. The second-order valence-electron chi connectivity index (χ2n) is 11.4. The van der Waals surface area contributed by atoms with Crippen molar-refractivity contribution >= 4 is 33.3 Å². The van der Waals surface area contributed by atoms with Crippen LogP contribution in [0.4, 0.5) is 10.1 Å². The molecule has 0 fully saturated rings. The van der Waals surface area contributed by atoms with E-state index in [0.29, 0.717) is 29.4 Å². The van der Waals surface area contributed by atoms with Gasteiger partial charge in [0.2, 0.25) is 5.43 Å². The van der Waals surface area contributed by atoms with Crippen LogP contribution in [0.2, 0.25) is 0 Å². The fourth-order valence-corrected chi connectivity index (χ4v) is 5.43. The van der Waals surface area contributed by atoms with E-state index in [9.17, 15) is 14.7 Å². The van der Waals surface area contributed by atoms with Gasteiger partial charge in [0.15, 0.2) is 17.3 Å². The molecule has 8 heteroatoms. The van der Waals surface area contributed by atoms with Crippen LogP contribution in [0.3, 0.4) is 0 Å². The molecule has 1 aliphatic heterocycles. The molecule has 1 amide bonds. The highest BCUT2D eigenvalue weighted by Crippen LogP contribution is 2.46. The summed E-state index contributed by atoms with van der Waals surface area (Å²) in [7, 11) is 0. The first-order valence-electron chi connectivity index (χ1n) is 15.5. The molecule has 230 valence electrons. The molecule has 0 spiro atoms. The molecule has 1 aliphatic rings. The molecule has 3 N–H and O–H groups in total. The number of pyridine rings is 1. The maximum atomic E-state index is 15.7. The van der Waals surface area contributed by atoms with Crippen molar-refractivity contribution in [2.24, 2.45) is 11.8 Å². The van der Waals surface area contributed by atoms with Crippen molar-refractivity contribution < 1.29 is 19.0 Å². The number of nitrogens with zero attached hydrogens (tertiary/aromatic N) is 1. The zero-order chi connectivity index (χ0) is 31.3. The lowest BCUT2D eigenvalue weighted by molar-refractivity contribution is 0.0950. The van der Waals surface area contributed by atoms with Gasteiger partial charge < -0.3 is 25.0 Å². The summed E-state index contributed by atoms with van der Waals surface area (Å²) in [5.74, 6) is -0.0994. The number of aliphatic hydroxyl groups excluding tert-OH is 1. The summed E-state index contributed by atoms with van der Waals surface area (Å²) >= 11 is 0. The van der Waals surface area contributed by atoms with Crippen LogP contribution < -0.4 is 20.8 Å². The number of ether oxygens (including phenoxy) is 1. The normalized spacial score (nSPS) is 13.1. The highest BCUT2D eigenvalue weighted by molar-refractivity contribution is 6.02. The number of carbonyl (C=O) groups is 1. The van der Waals surface area contributed by atoms with Gasteiger partial charge in [-0.05, 0) is 47.2 Å². The summed E-state index contributed by atoms with van der Waals surface area (Å²) in [5.41, 5.74) is 0.460. The fraction of sp³-hybridized carbons (Fsp3) is 0.429. The van der Waals surface area contributed by atoms with Gasteiger partial charge in [0, 0.05) is 12.7 Å². The number of aliphatic hydroxyl groups is 1. The maximum absolute atomic E-state index is 15.7. The Morgan fingerprint density at radius 1 is 1.07 bits per heavy atom. The van der Waals surface area contributed by atoms with Crippen molar-refractivity contribution in [3.8, 4) is 17.2 Å². The Kier molecular flexibility index (Phi) is 10.5. The third-order valence-corrected chi connectivity index (χ3v) is 8.04. The van der Waals surface area contributed by atoms with Crippen molar-refractivity contribution in [1.82, 2.24) is 9.88 Å². The van der Waals surface area contributed by atoms with E-state index in [1.165, 1.54) is 6.20 Å². The number of hydrogen-bond donors (Lipinski definition) is 3. The number of unbranched alkanes of at least 4 members (excludes halogenated alkanes) is 1. The predicted octanol–water partition coefficient (Wildman–Crippen LogP) is 7.79. The molecule has 3 aromatic carbocycles. The third kappa shape index (κ3) is 6.54. The number of aromatic nitrogens is 1. The lowest BCUT2D eigenvalue weighted by Crippen LogP contribution is -2.32. The number of anilines is 1. The molecule has 0 bridgehead atoms. The van der Waals surface area contributed by atoms with Crippen LogP contribution in [0.25, 0.3) is 27.4 Å². The van der Waals surface area contributed by atoms with Crippen molar-refractivity contribution in [3.63, 3.8) is 0 Å². The number of amides is 1. The van der Waals surface area contributed by atoms with Gasteiger partial charge in [-0.15, -0.1) is 0 Å². The summed E-state index contributed by atoms with van der Waals surface area (Å²) in [6.45, 7) is 12.4. The zero-order valence-corrected chi connectivity index (χ0v) is 26.1. The van der Waals surface area contributed by atoms with E-state index in [-0.39, 0.29) is 34.9 Å². The van der Waals surface area contributed by atoms with E-state index in [0.717, 1.165) is 42.5 Å². The van der Waals surface area contributed by atoms with Crippen LogP contribution in [0.1, 0.15) is 77.6 Å². The highest BCUT2D eigenvalue weighted by Gasteiger charge is 2.30. The van der Waals surface area contributed by atoms with E-state index in [1.54, 1.807) is 4.57 Å². The lowest BCUT2D eigenvalue weighted by atomic mass is 10.0. The van der Waals surface area contributed by atoms with Crippen LogP contribution in [0, 0.1) is 17.7 Å². The summed E-state index contributed by atoms with van der Waals surface area (Å²) < 4.78 is 23.8. The molecule has 0 aliphatic carbocycles. The smallest absolute Gasteiger partial charge is 0.256 e. The van der Waals surface area contributed by atoms with Crippen LogP contribution in [-0.2, 0) is 0 Å². The van der Waals surface area contributed by atoms with E-state index in [4.69, 9.17) is 4.74 Å². The van der Waals surface area contributed by atoms with Crippen molar-refractivity contribution in [2.45, 2.75) is 73.3 Å². The summed E-state index contributed by atoms with van der Waals surface area (Å²) in [5, 5.41) is 17.9. The van der Waals surface area contributed by atoms with E-state index in [2.05, 4.69) is 24.5 Å². The zero-order valence-electron chi connectivity index (χ0n) is 26.1. The van der Waals surface area contributed by atoms with Crippen molar-refractivity contribution in [1.29, 1.82) is 0 Å². The van der Waals surface area contributed by atoms with Gasteiger partial charge in [0.05, 0.1) is 23.7 Å². The van der Waals surface area contributed by atoms with Crippen LogP contribution in [0.15, 0.2) is 53.5 Å². The van der Waals surface area contributed by atoms with Gasteiger partial charge >= 0.3 is 0 Å². The number of benzene rings is 3. The van der Waals surface area contributed by atoms with Crippen LogP contribution in [-0.4, -0.2) is 34.8 Å². The first-order valence-corrected chi connectivity index (χ1v) is 15.5. The van der Waals surface area contributed by atoms with E-state index in [1.807, 2.05) is 64.1 Å². The number of carbonyl (C=O) groups excluding carboxylic acids is 1. The SMILES string of the molecule is CC.CCCCC(C)CCNC(=O)c1cn2c3c(c(NC(CO)C(C)C)c(F)cc3c1=O)Oc1cc3ccccc3cc1-2. The lowest BCUT2D eigenvalue weighted by Gasteiger charge is -2.29. The highest BCUT2D eigenvalue weighted by atomic mass is 19.1. The molecule has 1 aromatic heterocycles. The largest absolute Gasteiger partial charge is 0.451 e. The molecular weight excluding hydrogens is 545 g/mol. The van der Waals surface area contributed by atoms with E-state index < -0.39 is 23.2 Å². The number of fused-ring (bicyclic) bond motifs is 3. The number of halogens is 1. The van der Waals surface area contributed by atoms with Crippen LogP contribution in [0.5, 0.6) is 11.5 Å². The Labute approximate surface area is 253 Å². The minimum absolute atomic E-state index is 0.0000677. The first kappa shape index (κ1) is 32.0. The second-order valence-corrected chi connectivity index (χ2v) is 11.4. The Bertz CT molecular complexity index is 1660. The quantitative estimate of drug-likeness (QED) is 0.146. The minimum atomic E-state index is -0.693. The Morgan fingerprint density at radius 3 is 2.42 bits per heavy atom. The van der Waals surface area contributed by atoms with Gasteiger partial charge in [0.25, 0.3) is 5.91 Å². The van der Waals surface area contributed by atoms with Gasteiger partial charge in [-0.2, -0.15) is 0 Å². The Hall–Kier alpha value is -3.91. The molecule has 5 rings (SSSR count). The van der Waals surface area contributed by atoms with E-state index >= 15 is 4.39 Å². The minimum Gasteiger partial charge on any atom is -0.451 e. The number of rotatable bonds is 11. The van der Waals surface area contributed by atoms with Crippen LogP contribution >= 0.6 is 0 Å². The Balaban J connectivity index is 0.00000207. The number of nitrogens with one attached hydrogen (secondary N) is 2. The topological polar surface area (TPSA) is 92.6 Å². The standard InChI is InChI=1S/C33H38FN3O4.C2H6/c1-5-6-9-20(4)12-13-35-33(40)24-17-37-27-14-21-10-7-8-11-22(21)15-28(27)41-32-29(36-26(18-38)19(2)3)25(34)16-23(30(32)37)31(24)39;1-2/h7-8,10-11,14-17,19-20,26,36,38H,5-6,9,12-13,18H2,1-4H3,(H,35,40);1-2H3. The van der Waals surface area contributed by atoms with Gasteiger partial charge in [-0.25, -0.2) is 4.39 Å². The van der Waals surface area contributed by atoms with Gasteiger partial charge in [0.1, 0.15) is 16.8 Å². The summed E-state index contributed by atoms with van der Waals surface area (Å²) in [6.07, 6.45) is 5.70. The average Bonchev–Trinajstić information content (AvgIpc) is 3.00. The molecule has 0 saturated heterocycles. The maximum Gasteiger partial charge on any atom is 0.256 e. The van der Waals surface area contributed by atoms with Gasteiger partial charge in [-0.3, -0.25) is 9.59 Å². The third-order valence-electron chi connectivity index (χ3n) is 8.04. The molecular formula is C35H44FN3O4. The van der Waals surface area contributed by atoms with Gasteiger partial charge in [-0.1, -0.05) is 85.1 Å². The average molecular weight is 590 g/mol. The number of hydrogen-bond acceptors (Lipinski definition) is 5. The predicted molar refractivity (Wildman–Crippen MR) is 173 cm³/mol. The van der Waals surface area contributed by atoms with Crippen molar-refractivity contribution in [3.05, 3.63) is 70.3 Å². The second kappa shape index (κ2) is 14.0. The Morgan fingerprint density at radius 2 is 1.77 bits per heavy atom. The molecule has 2 atom stereocenters. The summed E-state index contributed by atoms with van der Waals surface area (Å²) in [6, 6.07) is 12.3. The molecule has 2 heterocycles. The molecule has 0 saturated carbocycles. The van der Waals surface area contributed by atoms with Crippen molar-refractivity contribution in [2.75, 3.05) is 18.5 Å². The molecule has 43 heavy (non-hydrogen) atoms. The summed E-state index contributed by atoms with van der Waals surface area (Å²) in [4.78, 5) is 27.0. The first-order chi connectivity index (χ1) is 20.7.